The number of likely N-dealkylation sites (tertiary alicyclic amines) is 1. The Labute approximate surface area is 173 Å². The highest BCUT2D eigenvalue weighted by Crippen LogP contribution is 2.31. The van der Waals surface area contributed by atoms with Crippen LogP contribution >= 0.6 is 0 Å². The van der Waals surface area contributed by atoms with Crippen LogP contribution < -0.4 is 14.8 Å². The average molecular weight is 395 g/mol. The second-order valence-corrected chi connectivity index (χ2v) is 8.12. The highest BCUT2D eigenvalue weighted by atomic mass is 16.6. The molecule has 5 nitrogen and oxygen atoms in total. The van der Waals surface area contributed by atoms with E-state index in [1.165, 1.54) is 18.4 Å². The summed E-state index contributed by atoms with van der Waals surface area (Å²) in [6, 6.07) is 14.3. The molecule has 0 saturated carbocycles. The van der Waals surface area contributed by atoms with Crippen LogP contribution in [0.4, 0.5) is 0 Å². The van der Waals surface area contributed by atoms with E-state index in [0.717, 1.165) is 48.7 Å². The number of carbonyl (C=O) groups excluding carboxylic acids is 1. The Morgan fingerprint density at radius 2 is 1.83 bits per heavy atom. The van der Waals surface area contributed by atoms with Crippen molar-refractivity contribution in [3.8, 4) is 11.5 Å². The van der Waals surface area contributed by atoms with Gasteiger partial charge in [0.15, 0.2) is 11.5 Å². The van der Waals surface area contributed by atoms with Gasteiger partial charge in [0.05, 0.1) is 6.42 Å². The van der Waals surface area contributed by atoms with Gasteiger partial charge in [0.2, 0.25) is 5.91 Å². The van der Waals surface area contributed by atoms with E-state index in [4.69, 9.17) is 9.47 Å². The van der Waals surface area contributed by atoms with Crippen LogP contribution in [-0.4, -0.2) is 49.7 Å². The van der Waals surface area contributed by atoms with Gasteiger partial charge in [0.25, 0.3) is 0 Å². The van der Waals surface area contributed by atoms with Gasteiger partial charge in [0, 0.05) is 12.6 Å². The standard InChI is InChI=1S/C24H30N2O3/c1-18-5-4-6-19(13-18)16-24(27)25-21(17-26-9-2-3-10-26)14-20-7-8-22-23(15-20)29-12-11-28-22/h4-8,13,15,21H,2-3,9-12,14,16-17H2,1H3,(H,25,27)/t21-/m0/s1. The summed E-state index contributed by atoms with van der Waals surface area (Å²) in [5.41, 5.74) is 3.40. The highest BCUT2D eigenvalue weighted by molar-refractivity contribution is 5.79. The van der Waals surface area contributed by atoms with Crippen LogP contribution in [0.5, 0.6) is 11.5 Å². The molecule has 1 amide bonds. The van der Waals surface area contributed by atoms with Gasteiger partial charge in [-0.3, -0.25) is 4.79 Å². The fraction of sp³-hybridized carbons (Fsp3) is 0.458. The Balaban J connectivity index is 1.43. The summed E-state index contributed by atoms with van der Waals surface area (Å²) < 4.78 is 11.4. The van der Waals surface area contributed by atoms with Crippen LogP contribution in [0.3, 0.4) is 0 Å². The molecule has 0 radical (unpaired) electrons. The van der Waals surface area contributed by atoms with Gasteiger partial charge in [0.1, 0.15) is 13.2 Å². The largest absolute Gasteiger partial charge is 0.486 e. The molecule has 4 rings (SSSR count). The molecule has 0 aromatic heterocycles. The van der Waals surface area contributed by atoms with Gasteiger partial charge >= 0.3 is 0 Å². The molecule has 1 saturated heterocycles. The third kappa shape index (κ3) is 5.51. The van der Waals surface area contributed by atoms with E-state index < -0.39 is 0 Å². The number of hydrogen-bond donors (Lipinski definition) is 1. The van der Waals surface area contributed by atoms with Crippen LogP contribution in [0.2, 0.25) is 0 Å². The normalized spacial score (nSPS) is 17.1. The molecule has 5 heteroatoms. The quantitative estimate of drug-likeness (QED) is 0.784. The highest BCUT2D eigenvalue weighted by Gasteiger charge is 2.21. The van der Waals surface area contributed by atoms with Gasteiger partial charge in [-0.25, -0.2) is 0 Å². The second-order valence-electron chi connectivity index (χ2n) is 8.12. The molecule has 0 spiro atoms. The van der Waals surface area contributed by atoms with Gasteiger partial charge in [-0.15, -0.1) is 0 Å². The number of nitrogens with one attached hydrogen (secondary N) is 1. The van der Waals surface area contributed by atoms with Crippen molar-refractivity contribution in [1.29, 1.82) is 0 Å². The molecule has 154 valence electrons. The van der Waals surface area contributed by atoms with Crippen LogP contribution in [0.25, 0.3) is 0 Å². The van der Waals surface area contributed by atoms with E-state index in [1.807, 2.05) is 18.2 Å². The summed E-state index contributed by atoms with van der Waals surface area (Å²) >= 11 is 0. The van der Waals surface area contributed by atoms with Crippen LogP contribution in [0, 0.1) is 6.92 Å². The number of hydrogen-bond acceptors (Lipinski definition) is 4. The molecule has 29 heavy (non-hydrogen) atoms. The van der Waals surface area contributed by atoms with Crippen molar-refractivity contribution < 1.29 is 14.3 Å². The molecule has 2 aliphatic rings. The van der Waals surface area contributed by atoms with Crippen molar-refractivity contribution >= 4 is 5.91 Å². The Morgan fingerprint density at radius 1 is 1.03 bits per heavy atom. The lowest BCUT2D eigenvalue weighted by Crippen LogP contribution is -2.45. The molecule has 1 atom stereocenters. The second kappa shape index (κ2) is 9.31. The van der Waals surface area contributed by atoms with Gasteiger partial charge in [-0.05, 0) is 62.5 Å². The maximum absolute atomic E-state index is 12.8. The maximum Gasteiger partial charge on any atom is 0.224 e. The smallest absolute Gasteiger partial charge is 0.224 e. The zero-order valence-corrected chi connectivity index (χ0v) is 17.2. The summed E-state index contributed by atoms with van der Waals surface area (Å²) in [4.78, 5) is 15.2. The number of nitrogens with zero attached hydrogens (tertiary/aromatic N) is 1. The molecule has 0 unspecified atom stereocenters. The third-order valence-corrected chi connectivity index (χ3v) is 5.58. The summed E-state index contributed by atoms with van der Waals surface area (Å²) in [6.45, 7) is 6.35. The zero-order valence-electron chi connectivity index (χ0n) is 17.2. The van der Waals surface area contributed by atoms with Crippen molar-refractivity contribution in [2.75, 3.05) is 32.8 Å². The van der Waals surface area contributed by atoms with Crippen molar-refractivity contribution in [3.05, 3.63) is 59.2 Å². The van der Waals surface area contributed by atoms with Crippen molar-refractivity contribution in [1.82, 2.24) is 10.2 Å². The molecule has 1 fully saturated rings. The molecular weight excluding hydrogens is 364 g/mol. The van der Waals surface area contributed by atoms with Crippen molar-refractivity contribution in [2.24, 2.45) is 0 Å². The fourth-order valence-electron chi connectivity index (χ4n) is 4.22. The zero-order chi connectivity index (χ0) is 20.1. The molecule has 0 aliphatic carbocycles. The molecule has 2 aromatic carbocycles. The summed E-state index contributed by atoms with van der Waals surface area (Å²) in [6.07, 6.45) is 3.69. The minimum atomic E-state index is 0.0768. The first-order valence-electron chi connectivity index (χ1n) is 10.6. The summed E-state index contributed by atoms with van der Waals surface area (Å²) in [5.74, 6) is 1.69. The molecule has 0 bridgehead atoms. The summed E-state index contributed by atoms with van der Waals surface area (Å²) in [5, 5.41) is 3.29. The number of rotatable bonds is 7. The van der Waals surface area contributed by atoms with Crippen LogP contribution in [-0.2, 0) is 17.6 Å². The van der Waals surface area contributed by atoms with E-state index in [9.17, 15) is 4.79 Å². The maximum atomic E-state index is 12.8. The number of aryl methyl sites for hydroxylation is 1. The third-order valence-electron chi connectivity index (χ3n) is 5.58. The molecule has 2 aliphatic heterocycles. The molecule has 2 heterocycles. The minimum absolute atomic E-state index is 0.0768. The van der Waals surface area contributed by atoms with Crippen molar-refractivity contribution in [2.45, 2.75) is 38.6 Å². The Hall–Kier alpha value is -2.53. The van der Waals surface area contributed by atoms with Crippen molar-refractivity contribution in [3.63, 3.8) is 0 Å². The Morgan fingerprint density at radius 3 is 2.62 bits per heavy atom. The Bertz CT molecular complexity index is 846. The SMILES string of the molecule is Cc1cccc(CC(=O)N[C@@H](Cc2ccc3c(c2)OCCO3)CN2CCCC2)c1. The van der Waals surface area contributed by atoms with E-state index in [1.54, 1.807) is 0 Å². The molecule has 2 aromatic rings. The summed E-state index contributed by atoms with van der Waals surface area (Å²) in [7, 11) is 0. The lowest BCUT2D eigenvalue weighted by Gasteiger charge is -2.25. The topological polar surface area (TPSA) is 50.8 Å². The number of fused-ring (bicyclic) bond motifs is 1. The average Bonchev–Trinajstić information content (AvgIpc) is 3.21. The minimum Gasteiger partial charge on any atom is -0.486 e. The van der Waals surface area contributed by atoms with E-state index in [2.05, 4.69) is 41.4 Å². The van der Waals surface area contributed by atoms with Gasteiger partial charge in [-0.2, -0.15) is 0 Å². The lowest BCUT2D eigenvalue weighted by atomic mass is 10.0. The predicted octanol–water partition coefficient (Wildman–Crippen LogP) is 3.13. The molecular formula is C24H30N2O3. The van der Waals surface area contributed by atoms with E-state index in [-0.39, 0.29) is 11.9 Å². The fourth-order valence-corrected chi connectivity index (χ4v) is 4.22. The Kier molecular flexibility index (Phi) is 6.35. The van der Waals surface area contributed by atoms with Gasteiger partial charge in [-0.1, -0.05) is 35.9 Å². The van der Waals surface area contributed by atoms with Gasteiger partial charge < -0.3 is 19.7 Å². The lowest BCUT2D eigenvalue weighted by molar-refractivity contribution is -0.121. The monoisotopic (exact) mass is 394 g/mol. The first kappa shape index (κ1) is 19.8. The number of amides is 1. The van der Waals surface area contributed by atoms with Crippen LogP contribution in [0.15, 0.2) is 42.5 Å². The van der Waals surface area contributed by atoms with E-state index >= 15 is 0 Å². The number of benzene rings is 2. The van der Waals surface area contributed by atoms with Crippen LogP contribution in [0.1, 0.15) is 29.5 Å². The number of ether oxygens (including phenoxy) is 2. The molecule has 1 N–H and O–H groups in total. The predicted molar refractivity (Wildman–Crippen MR) is 114 cm³/mol. The first-order chi connectivity index (χ1) is 14.2. The van der Waals surface area contributed by atoms with E-state index in [0.29, 0.717) is 19.6 Å². The number of carbonyl (C=O) groups is 1. The first-order valence-corrected chi connectivity index (χ1v) is 10.6.